The minimum absolute atomic E-state index is 0.0523. The molecule has 120 valence electrons. The summed E-state index contributed by atoms with van der Waals surface area (Å²) >= 11 is 5.94. The summed E-state index contributed by atoms with van der Waals surface area (Å²) in [6.45, 7) is 1.97. The number of aryl methyl sites for hydroxylation is 1. The molecule has 0 aliphatic rings. The van der Waals surface area contributed by atoms with E-state index in [1.54, 1.807) is 36.4 Å². The van der Waals surface area contributed by atoms with E-state index in [-0.39, 0.29) is 12.5 Å². The van der Waals surface area contributed by atoms with Crippen LogP contribution in [0.1, 0.15) is 15.9 Å². The van der Waals surface area contributed by atoms with Gasteiger partial charge in [0.15, 0.2) is 0 Å². The van der Waals surface area contributed by atoms with Crippen molar-refractivity contribution in [2.75, 3.05) is 24.3 Å². The van der Waals surface area contributed by atoms with Crippen LogP contribution in [0.4, 0.5) is 11.4 Å². The van der Waals surface area contributed by atoms with Gasteiger partial charge in [-0.1, -0.05) is 29.8 Å². The average molecular weight is 333 g/mol. The molecule has 0 fully saturated rings. The van der Waals surface area contributed by atoms with Gasteiger partial charge in [0.05, 0.1) is 24.9 Å². The molecule has 0 aliphatic carbocycles. The van der Waals surface area contributed by atoms with E-state index in [9.17, 15) is 9.59 Å². The Bertz CT molecular complexity index is 732. The molecule has 0 radical (unpaired) electrons. The molecule has 2 aromatic carbocycles. The van der Waals surface area contributed by atoms with E-state index in [0.717, 1.165) is 11.3 Å². The summed E-state index contributed by atoms with van der Waals surface area (Å²) in [5, 5.41) is 6.31. The van der Waals surface area contributed by atoms with Crippen molar-refractivity contribution < 1.29 is 14.3 Å². The lowest BCUT2D eigenvalue weighted by Gasteiger charge is -2.12. The summed E-state index contributed by atoms with van der Waals surface area (Å²) < 4.78 is 4.70. The van der Waals surface area contributed by atoms with Crippen molar-refractivity contribution in [2.24, 2.45) is 0 Å². The first-order valence-corrected chi connectivity index (χ1v) is 7.36. The number of nitrogens with one attached hydrogen (secondary N) is 2. The monoisotopic (exact) mass is 332 g/mol. The van der Waals surface area contributed by atoms with Crippen molar-refractivity contribution in [1.29, 1.82) is 0 Å². The van der Waals surface area contributed by atoms with Crippen LogP contribution in [0.15, 0.2) is 42.5 Å². The fourth-order valence-corrected chi connectivity index (χ4v) is 2.21. The van der Waals surface area contributed by atoms with Crippen molar-refractivity contribution in [3.63, 3.8) is 0 Å². The standard InChI is InChI=1S/C17H17ClN2O3/c1-11-7-8-12(18)9-15(11)19-10-16(21)20-14-6-4-3-5-13(14)17(22)23-2/h3-9,19H,10H2,1-2H3,(H,20,21). The van der Waals surface area contributed by atoms with Crippen LogP contribution in [0.3, 0.4) is 0 Å². The van der Waals surface area contributed by atoms with Gasteiger partial charge in [-0.2, -0.15) is 0 Å². The third-order valence-electron chi connectivity index (χ3n) is 3.25. The number of esters is 1. The molecule has 2 N–H and O–H groups in total. The number of carbonyl (C=O) groups excluding carboxylic acids is 2. The number of benzene rings is 2. The van der Waals surface area contributed by atoms with Gasteiger partial charge in [-0.15, -0.1) is 0 Å². The summed E-state index contributed by atoms with van der Waals surface area (Å²) in [7, 11) is 1.30. The number of halogens is 1. The van der Waals surface area contributed by atoms with Gasteiger partial charge in [0.1, 0.15) is 0 Å². The van der Waals surface area contributed by atoms with Crippen LogP contribution in [-0.4, -0.2) is 25.5 Å². The highest BCUT2D eigenvalue weighted by Gasteiger charge is 2.13. The van der Waals surface area contributed by atoms with Crippen LogP contribution in [0.2, 0.25) is 5.02 Å². The zero-order valence-electron chi connectivity index (χ0n) is 12.9. The SMILES string of the molecule is COC(=O)c1ccccc1NC(=O)CNc1cc(Cl)ccc1C. The number of carbonyl (C=O) groups is 2. The van der Waals surface area contributed by atoms with Crippen LogP contribution in [0, 0.1) is 6.92 Å². The highest BCUT2D eigenvalue weighted by molar-refractivity contribution is 6.30. The highest BCUT2D eigenvalue weighted by Crippen LogP contribution is 2.20. The fourth-order valence-electron chi connectivity index (χ4n) is 2.03. The van der Waals surface area contributed by atoms with E-state index in [1.807, 2.05) is 13.0 Å². The number of methoxy groups -OCH3 is 1. The minimum atomic E-state index is -0.500. The molecule has 5 nitrogen and oxygen atoms in total. The summed E-state index contributed by atoms with van der Waals surface area (Å²) in [6, 6.07) is 12.1. The molecule has 0 atom stereocenters. The van der Waals surface area contributed by atoms with Gasteiger partial charge >= 0.3 is 5.97 Å². The van der Waals surface area contributed by atoms with Crippen molar-refractivity contribution in [1.82, 2.24) is 0 Å². The van der Waals surface area contributed by atoms with Crippen molar-refractivity contribution in [3.05, 3.63) is 58.6 Å². The number of ether oxygens (including phenoxy) is 1. The van der Waals surface area contributed by atoms with E-state index in [0.29, 0.717) is 16.3 Å². The maximum atomic E-state index is 12.1. The molecule has 0 heterocycles. The quantitative estimate of drug-likeness (QED) is 0.822. The molecule has 0 unspecified atom stereocenters. The van der Waals surface area contributed by atoms with Gasteiger partial charge in [-0.3, -0.25) is 4.79 Å². The maximum Gasteiger partial charge on any atom is 0.339 e. The third-order valence-corrected chi connectivity index (χ3v) is 3.48. The van der Waals surface area contributed by atoms with Crippen molar-refractivity contribution >= 4 is 34.9 Å². The minimum Gasteiger partial charge on any atom is -0.465 e. The zero-order valence-corrected chi connectivity index (χ0v) is 13.6. The van der Waals surface area contributed by atoms with E-state index >= 15 is 0 Å². The van der Waals surface area contributed by atoms with Gasteiger partial charge in [0.25, 0.3) is 0 Å². The molecule has 23 heavy (non-hydrogen) atoms. The normalized spacial score (nSPS) is 10.0. The van der Waals surface area contributed by atoms with Crippen molar-refractivity contribution in [3.8, 4) is 0 Å². The summed E-state index contributed by atoms with van der Waals surface area (Å²) in [6.07, 6.45) is 0. The molecule has 0 saturated carbocycles. The molecule has 2 aromatic rings. The second-order valence-electron chi connectivity index (χ2n) is 4.90. The maximum absolute atomic E-state index is 12.1. The Balaban J connectivity index is 2.03. The van der Waals surface area contributed by atoms with Gasteiger partial charge < -0.3 is 15.4 Å². The van der Waals surface area contributed by atoms with E-state index in [1.165, 1.54) is 7.11 Å². The largest absolute Gasteiger partial charge is 0.465 e. The van der Waals surface area contributed by atoms with Gasteiger partial charge in [0.2, 0.25) is 5.91 Å². The van der Waals surface area contributed by atoms with Gasteiger partial charge in [0, 0.05) is 10.7 Å². The van der Waals surface area contributed by atoms with Gasteiger partial charge in [-0.25, -0.2) is 4.79 Å². The third kappa shape index (κ3) is 4.47. The molecule has 0 aromatic heterocycles. The Kier molecular flexibility index (Phi) is 5.60. The summed E-state index contributed by atoms with van der Waals surface area (Å²) in [4.78, 5) is 23.8. The van der Waals surface area contributed by atoms with Crippen LogP contribution < -0.4 is 10.6 Å². The number of para-hydroxylation sites is 1. The van der Waals surface area contributed by atoms with E-state index < -0.39 is 5.97 Å². The Morgan fingerprint density at radius 2 is 1.87 bits per heavy atom. The predicted molar refractivity (Wildman–Crippen MR) is 91.1 cm³/mol. The molecule has 6 heteroatoms. The van der Waals surface area contributed by atoms with E-state index in [4.69, 9.17) is 16.3 Å². The van der Waals surface area contributed by atoms with Crippen LogP contribution >= 0.6 is 11.6 Å². The first kappa shape index (κ1) is 16.8. The summed E-state index contributed by atoms with van der Waals surface area (Å²) in [5.41, 5.74) is 2.49. The van der Waals surface area contributed by atoms with Crippen molar-refractivity contribution in [2.45, 2.75) is 6.92 Å². The highest BCUT2D eigenvalue weighted by atomic mass is 35.5. The van der Waals surface area contributed by atoms with Crippen LogP contribution in [0.25, 0.3) is 0 Å². The second kappa shape index (κ2) is 7.65. The first-order chi connectivity index (χ1) is 11.0. The number of hydrogen-bond acceptors (Lipinski definition) is 4. The van der Waals surface area contributed by atoms with E-state index in [2.05, 4.69) is 10.6 Å². The Morgan fingerprint density at radius 3 is 2.61 bits per heavy atom. The smallest absolute Gasteiger partial charge is 0.339 e. The fraction of sp³-hybridized carbons (Fsp3) is 0.176. The molecule has 0 bridgehead atoms. The number of rotatable bonds is 5. The van der Waals surface area contributed by atoms with Crippen LogP contribution in [-0.2, 0) is 9.53 Å². The Hall–Kier alpha value is -2.53. The van der Waals surface area contributed by atoms with Gasteiger partial charge in [-0.05, 0) is 36.8 Å². The number of amides is 1. The lowest BCUT2D eigenvalue weighted by atomic mass is 10.1. The molecular formula is C17H17ClN2O3. The lowest BCUT2D eigenvalue weighted by Crippen LogP contribution is -2.23. The molecule has 0 aliphatic heterocycles. The molecular weight excluding hydrogens is 316 g/mol. The zero-order chi connectivity index (χ0) is 16.8. The van der Waals surface area contributed by atoms with Crippen LogP contribution in [0.5, 0.6) is 0 Å². The average Bonchev–Trinajstić information content (AvgIpc) is 2.55. The molecule has 0 saturated heterocycles. The number of anilines is 2. The molecule has 1 amide bonds. The second-order valence-corrected chi connectivity index (χ2v) is 5.33. The first-order valence-electron chi connectivity index (χ1n) is 6.98. The topological polar surface area (TPSA) is 67.4 Å². The molecule has 2 rings (SSSR count). The Labute approximate surface area is 139 Å². The number of hydrogen-bond donors (Lipinski definition) is 2. The Morgan fingerprint density at radius 1 is 1.13 bits per heavy atom. The predicted octanol–water partition coefficient (Wildman–Crippen LogP) is 3.49. The lowest BCUT2D eigenvalue weighted by molar-refractivity contribution is -0.114. The molecule has 0 spiro atoms. The summed E-state index contributed by atoms with van der Waals surface area (Å²) in [5.74, 6) is -0.778.